The van der Waals surface area contributed by atoms with Gasteiger partial charge < -0.3 is 4.74 Å². The highest BCUT2D eigenvalue weighted by Gasteiger charge is 2.13. The zero-order valence-electron chi connectivity index (χ0n) is 10.9. The van der Waals surface area contributed by atoms with Crippen molar-refractivity contribution in [2.24, 2.45) is 0 Å². The number of benzene rings is 1. The minimum atomic E-state index is -0.415. The summed E-state index contributed by atoms with van der Waals surface area (Å²) < 4.78 is 4.62. The lowest BCUT2D eigenvalue weighted by Gasteiger charge is -2.04. The molecule has 0 aliphatic heterocycles. The van der Waals surface area contributed by atoms with Crippen molar-refractivity contribution in [3.05, 3.63) is 71.3 Å². The Morgan fingerprint density at radius 2 is 1.75 bits per heavy atom. The van der Waals surface area contributed by atoms with Crippen LogP contribution in [0.15, 0.2) is 60.2 Å². The van der Waals surface area contributed by atoms with Crippen molar-refractivity contribution in [1.29, 1.82) is 0 Å². The fraction of sp³-hybridized carbons (Fsp3) is 0.125. The molecule has 0 N–H and O–H groups in total. The molecule has 102 valence electrons. The van der Waals surface area contributed by atoms with Gasteiger partial charge in [-0.1, -0.05) is 58.4 Å². The second-order valence-corrected chi connectivity index (χ2v) is 5.27. The van der Waals surface area contributed by atoms with Crippen molar-refractivity contribution in [1.82, 2.24) is 0 Å². The number of ketones is 1. The van der Waals surface area contributed by atoms with Crippen molar-refractivity contribution in [3.8, 4) is 0 Å². The van der Waals surface area contributed by atoms with Gasteiger partial charge in [-0.05, 0) is 12.1 Å². The van der Waals surface area contributed by atoms with Gasteiger partial charge in [0.2, 0.25) is 0 Å². The fourth-order valence-electron chi connectivity index (χ4n) is 1.81. The minimum absolute atomic E-state index is 0.0331. The van der Waals surface area contributed by atoms with Gasteiger partial charge in [0.05, 0.1) is 17.5 Å². The molecule has 0 saturated heterocycles. The van der Waals surface area contributed by atoms with Crippen LogP contribution in [0.25, 0.3) is 0 Å². The number of alkyl halides is 1. The van der Waals surface area contributed by atoms with Crippen molar-refractivity contribution < 1.29 is 14.3 Å². The molecular formula is C16H13BrO3. The van der Waals surface area contributed by atoms with Gasteiger partial charge in [0.1, 0.15) is 0 Å². The summed E-state index contributed by atoms with van der Waals surface area (Å²) in [5.41, 5.74) is 1.58. The molecule has 0 saturated carbocycles. The minimum Gasteiger partial charge on any atom is -0.465 e. The number of allylic oxidation sites excluding steroid dienone is 6. The molecule has 1 atom stereocenters. The summed E-state index contributed by atoms with van der Waals surface area (Å²) in [5, 5.41) is 0. The Labute approximate surface area is 125 Å². The maximum absolute atomic E-state index is 12.4. The third kappa shape index (κ3) is 3.33. The molecule has 3 nitrogen and oxygen atoms in total. The Morgan fingerprint density at radius 1 is 1.10 bits per heavy atom. The molecule has 20 heavy (non-hydrogen) atoms. The van der Waals surface area contributed by atoms with Crippen LogP contribution >= 0.6 is 15.9 Å². The molecule has 0 radical (unpaired) electrons. The molecule has 2 rings (SSSR count). The van der Waals surface area contributed by atoms with Gasteiger partial charge in [-0.25, -0.2) is 4.79 Å². The molecule has 0 fully saturated rings. The van der Waals surface area contributed by atoms with Gasteiger partial charge in [-0.3, -0.25) is 4.79 Å². The Kier molecular flexibility index (Phi) is 4.69. The second kappa shape index (κ2) is 6.48. The smallest absolute Gasteiger partial charge is 0.337 e. The quantitative estimate of drug-likeness (QED) is 0.483. The molecule has 1 aliphatic rings. The lowest BCUT2D eigenvalue weighted by atomic mass is 10.0. The monoisotopic (exact) mass is 332 g/mol. The van der Waals surface area contributed by atoms with Crippen LogP contribution in [0.4, 0.5) is 0 Å². The number of hydrogen-bond donors (Lipinski definition) is 0. The van der Waals surface area contributed by atoms with Crippen molar-refractivity contribution in [2.75, 3.05) is 7.11 Å². The number of hydrogen-bond acceptors (Lipinski definition) is 3. The zero-order valence-corrected chi connectivity index (χ0v) is 12.5. The van der Waals surface area contributed by atoms with Crippen LogP contribution in [0.1, 0.15) is 20.7 Å². The van der Waals surface area contributed by atoms with Crippen LogP contribution in [-0.4, -0.2) is 23.7 Å². The number of Topliss-reactive ketones (excluding diaryl/α,β-unsaturated/α-hetero) is 1. The van der Waals surface area contributed by atoms with Crippen LogP contribution in [0.2, 0.25) is 0 Å². The fourth-order valence-corrected chi connectivity index (χ4v) is 2.27. The number of rotatable bonds is 3. The average molecular weight is 333 g/mol. The van der Waals surface area contributed by atoms with Crippen molar-refractivity contribution in [2.45, 2.75) is 4.83 Å². The van der Waals surface area contributed by atoms with E-state index in [1.807, 2.05) is 24.3 Å². The van der Waals surface area contributed by atoms with E-state index in [2.05, 4.69) is 20.7 Å². The molecule has 1 aliphatic carbocycles. The number of methoxy groups -OCH3 is 1. The van der Waals surface area contributed by atoms with E-state index < -0.39 is 5.97 Å². The second-order valence-electron chi connectivity index (χ2n) is 4.21. The van der Waals surface area contributed by atoms with Crippen LogP contribution in [0.3, 0.4) is 0 Å². The van der Waals surface area contributed by atoms with Crippen LogP contribution in [-0.2, 0) is 4.74 Å². The van der Waals surface area contributed by atoms with E-state index in [0.29, 0.717) is 16.7 Å². The van der Waals surface area contributed by atoms with Gasteiger partial charge in [0, 0.05) is 11.1 Å². The first-order valence-corrected chi connectivity index (χ1v) is 6.97. The Morgan fingerprint density at radius 3 is 2.40 bits per heavy atom. The first-order chi connectivity index (χ1) is 9.61. The summed E-state index contributed by atoms with van der Waals surface area (Å²) in [4.78, 5) is 23.7. The molecule has 0 spiro atoms. The zero-order chi connectivity index (χ0) is 14.5. The van der Waals surface area contributed by atoms with E-state index in [9.17, 15) is 9.59 Å². The highest BCUT2D eigenvalue weighted by molar-refractivity contribution is 9.09. The molecule has 0 amide bonds. The van der Waals surface area contributed by atoms with Crippen molar-refractivity contribution >= 4 is 27.7 Å². The number of ether oxygens (including phenoxy) is 1. The highest BCUT2D eigenvalue weighted by atomic mass is 79.9. The lowest BCUT2D eigenvalue weighted by molar-refractivity contribution is 0.0600. The molecule has 0 heterocycles. The van der Waals surface area contributed by atoms with Crippen LogP contribution < -0.4 is 0 Å². The number of carbonyl (C=O) groups excluding carboxylic acids is 2. The first-order valence-electron chi connectivity index (χ1n) is 6.05. The van der Waals surface area contributed by atoms with Crippen molar-refractivity contribution in [3.63, 3.8) is 0 Å². The summed E-state index contributed by atoms with van der Waals surface area (Å²) in [6.07, 6.45) is 9.27. The maximum Gasteiger partial charge on any atom is 0.337 e. The van der Waals surface area contributed by atoms with E-state index in [-0.39, 0.29) is 10.6 Å². The molecule has 1 aromatic rings. The lowest BCUT2D eigenvalue weighted by Crippen LogP contribution is -2.05. The third-order valence-electron chi connectivity index (χ3n) is 2.85. The first kappa shape index (κ1) is 14.5. The summed E-state index contributed by atoms with van der Waals surface area (Å²) in [6.45, 7) is 0. The van der Waals surface area contributed by atoms with Crippen LogP contribution in [0.5, 0.6) is 0 Å². The van der Waals surface area contributed by atoms with Gasteiger partial charge in [-0.2, -0.15) is 0 Å². The Balaban J connectivity index is 2.23. The maximum atomic E-state index is 12.4. The molecule has 0 aromatic heterocycles. The predicted molar refractivity (Wildman–Crippen MR) is 81.2 cm³/mol. The van der Waals surface area contributed by atoms with Crippen LogP contribution in [0, 0.1) is 0 Å². The SMILES string of the molecule is COC(=O)c1ccc(C(=O)C2=CC(Br)C=CC=C2)cc1. The third-order valence-corrected chi connectivity index (χ3v) is 3.42. The van der Waals surface area contributed by atoms with E-state index in [0.717, 1.165) is 0 Å². The molecule has 1 unspecified atom stereocenters. The van der Waals surface area contributed by atoms with E-state index in [1.54, 1.807) is 30.3 Å². The van der Waals surface area contributed by atoms with Gasteiger partial charge >= 0.3 is 5.97 Å². The number of halogens is 1. The predicted octanol–water partition coefficient (Wildman–Crippen LogP) is 3.47. The summed E-state index contributed by atoms with van der Waals surface area (Å²) in [7, 11) is 1.33. The standard InChI is InChI=1S/C16H13BrO3/c1-20-16(19)12-8-6-11(7-9-12)15(18)13-4-2-3-5-14(17)10-13/h2-10,14H,1H3. The van der Waals surface area contributed by atoms with E-state index in [4.69, 9.17) is 0 Å². The Bertz CT molecular complexity index is 609. The highest BCUT2D eigenvalue weighted by Crippen LogP contribution is 2.17. The van der Waals surface area contributed by atoms with E-state index >= 15 is 0 Å². The summed E-state index contributed by atoms with van der Waals surface area (Å²) >= 11 is 3.44. The molecule has 4 heteroatoms. The van der Waals surface area contributed by atoms with Gasteiger partial charge in [0.25, 0.3) is 0 Å². The molecule has 1 aromatic carbocycles. The molecule has 0 bridgehead atoms. The number of carbonyl (C=O) groups is 2. The molecular weight excluding hydrogens is 320 g/mol. The average Bonchev–Trinajstić information content (AvgIpc) is 2.70. The normalized spacial score (nSPS) is 17.3. The van der Waals surface area contributed by atoms with Gasteiger partial charge in [0.15, 0.2) is 5.78 Å². The van der Waals surface area contributed by atoms with Gasteiger partial charge in [-0.15, -0.1) is 0 Å². The van der Waals surface area contributed by atoms with E-state index in [1.165, 1.54) is 7.11 Å². The summed E-state index contributed by atoms with van der Waals surface area (Å²) in [5.74, 6) is -0.492. The number of esters is 1. The summed E-state index contributed by atoms with van der Waals surface area (Å²) in [6, 6.07) is 6.43. The largest absolute Gasteiger partial charge is 0.465 e. The Hall–Kier alpha value is -1.94. The topological polar surface area (TPSA) is 43.4 Å².